The molecule has 3 fully saturated rings. The molecular weight excluding hydrogens is 747 g/mol. The quantitative estimate of drug-likeness (QED) is 0.127. The van der Waals surface area contributed by atoms with Crippen LogP contribution < -0.4 is 11.1 Å². The predicted octanol–water partition coefficient (Wildman–Crippen LogP) is 4.04. The summed E-state index contributed by atoms with van der Waals surface area (Å²) in [6.45, 7) is 15.7. The molecule has 13 atom stereocenters. The Kier molecular flexibility index (Phi) is 14.7. The topological polar surface area (TPSA) is 193 Å². The van der Waals surface area contributed by atoms with Gasteiger partial charge in [0.1, 0.15) is 23.8 Å². The molecule has 3 aliphatic rings. The Morgan fingerprint density at radius 2 is 1.79 bits per heavy atom. The smallest absolute Gasteiger partial charge is 0.410 e. The zero-order valence-electron chi connectivity index (χ0n) is 36.2. The predicted molar refractivity (Wildman–Crippen MR) is 217 cm³/mol. The van der Waals surface area contributed by atoms with Crippen molar-refractivity contribution in [2.24, 2.45) is 11.8 Å². The number of aliphatic hydroxyl groups excluding tert-OH is 1. The normalized spacial score (nSPS) is 36.7. The van der Waals surface area contributed by atoms with Crippen LogP contribution in [0.2, 0.25) is 0 Å². The number of esters is 1. The summed E-state index contributed by atoms with van der Waals surface area (Å²) in [5, 5.41) is 23.8. The van der Waals surface area contributed by atoms with Gasteiger partial charge in [-0.25, -0.2) is 4.79 Å². The molecule has 0 bridgehead atoms. The fraction of sp³-hybridized carbons (Fsp3) is 0.738. The Hall–Kier alpha value is -3.67. The largest absolute Gasteiger partial charge is 0.458 e. The highest BCUT2D eigenvalue weighted by Gasteiger charge is 2.59. The van der Waals surface area contributed by atoms with E-state index in [1.807, 2.05) is 91.0 Å². The van der Waals surface area contributed by atoms with Crippen LogP contribution in [0.1, 0.15) is 87.5 Å². The van der Waals surface area contributed by atoms with Gasteiger partial charge in [0.15, 0.2) is 17.7 Å². The minimum Gasteiger partial charge on any atom is -0.458 e. The van der Waals surface area contributed by atoms with Gasteiger partial charge in [-0.05, 0) is 99.9 Å². The first-order chi connectivity index (χ1) is 27.3. The number of ether oxygens (including phenoxy) is 5. The van der Waals surface area contributed by atoms with Gasteiger partial charge in [0.25, 0.3) is 0 Å². The number of carbonyl (C=O) groups is 3. The van der Waals surface area contributed by atoms with Crippen molar-refractivity contribution in [1.29, 1.82) is 0 Å². The van der Waals surface area contributed by atoms with E-state index >= 15 is 0 Å². The third kappa shape index (κ3) is 9.68. The molecular formula is C42H67N7O9. The van der Waals surface area contributed by atoms with Crippen LogP contribution in [0.4, 0.5) is 10.5 Å². The molecule has 1 aromatic heterocycles. The van der Waals surface area contributed by atoms with Crippen LogP contribution in [0.25, 0.3) is 11.3 Å². The van der Waals surface area contributed by atoms with Crippen molar-refractivity contribution in [3.63, 3.8) is 0 Å². The number of methoxy groups -OCH3 is 1. The first-order valence-corrected chi connectivity index (χ1v) is 20.8. The number of aliphatic hydroxyl groups is 1. The number of aromatic nitrogens is 3. The lowest BCUT2D eigenvalue weighted by molar-refractivity contribution is -0.295. The van der Waals surface area contributed by atoms with Crippen molar-refractivity contribution in [1.82, 2.24) is 30.1 Å². The number of ketones is 1. The average molecular weight is 814 g/mol. The number of benzene rings is 1. The summed E-state index contributed by atoms with van der Waals surface area (Å²) in [6, 6.07) is 6.12. The SMILES string of the molecule is CC[C@H]1OC(=O)[C@H](C)C(=O)[C@H](C)[C@@H](O[C@@H]2O[C@H](C)CC(N(C)C)C2O)[C@](C)(OC)C[C@H](C)N[C@H](C)[C@H]2N(CCCCn3cc(-c4cccc(N)c4)nn3)C(=O)O[C@]12C. The first-order valence-electron chi connectivity index (χ1n) is 20.8. The number of rotatable bonds is 11. The van der Waals surface area contributed by atoms with Gasteiger partial charge in [-0.2, -0.15) is 0 Å². The fourth-order valence-corrected chi connectivity index (χ4v) is 9.40. The summed E-state index contributed by atoms with van der Waals surface area (Å²) >= 11 is 0. The number of likely N-dealkylation sites (N-methyl/N-ethyl adjacent to an activating group) is 1. The Labute approximate surface area is 343 Å². The number of unbranched alkanes of at least 4 members (excludes halogenated alkanes) is 1. The highest BCUT2D eigenvalue weighted by molar-refractivity contribution is 6.00. The molecule has 58 heavy (non-hydrogen) atoms. The number of amides is 1. The number of anilines is 1. The van der Waals surface area contributed by atoms with Gasteiger partial charge < -0.3 is 44.7 Å². The molecule has 2 aromatic rings. The van der Waals surface area contributed by atoms with Gasteiger partial charge in [0, 0.05) is 55.5 Å². The molecule has 4 heterocycles. The number of hydrogen-bond donors (Lipinski definition) is 3. The number of hydrogen-bond acceptors (Lipinski definition) is 14. The fourth-order valence-electron chi connectivity index (χ4n) is 9.40. The molecule has 1 aromatic carbocycles. The third-order valence-electron chi connectivity index (χ3n) is 12.5. The lowest BCUT2D eigenvalue weighted by Crippen LogP contribution is -2.63. The summed E-state index contributed by atoms with van der Waals surface area (Å²) in [4.78, 5) is 45.8. The number of fused-ring (bicyclic) bond motifs is 1. The average Bonchev–Trinajstić information content (AvgIpc) is 3.75. The van der Waals surface area contributed by atoms with E-state index in [1.54, 1.807) is 23.6 Å². The van der Waals surface area contributed by atoms with Crippen molar-refractivity contribution in [3.8, 4) is 11.3 Å². The molecule has 324 valence electrons. The van der Waals surface area contributed by atoms with Crippen molar-refractivity contribution < 1.29 is 43.2 Å². The minimum absolute atomic E-state index is 0.218. The summed E-state index contributed by atoms with van der Waals surface area (Å²) in [7, 11) is 5.36. The lowest BCUT2D eigenvalue weighted by atomic mass is 9.78. The van der Waals surface area contributed by atoms with Crippen LogP contribution in [0.15, 0.2) is 30.5 Å². The van der Waals surface area contributed by atoms with E-state index in [1.165, 1.54) is 6.92 Å². The van der Waals surface area contributed by atoms with E-state index in [2.05, 4.69) is 15.6 Å². The Morgan fingerprint density at radius 3 is 2.45 bits per heavy atom. The van der Waals surface area contributed by atoms with E-state index in [4.69, 9.17) is 29.4 Å². The second-order valence-corrected chi connectivity index (χ2v) is 17.3. The van der Waals surface area contributed by atoms with Crippen LogP contribution in [-0.4, -0.2) is 142 Å². The summed E-state index contributed by atoms with van der Waals surface area (Å²) in [5.41, 5.74) is 5.87. The van der Waals surface area contributed by atoms with Crippen LogP contribution in [0.3, 0.4) is 0 Å². The maximum atomic E-state index is 14.3. The summed E-state index contributed by atoms with van der Waals surface area (Å²) < 4.78 is 33.2. The van der Waals surface area contributed by atoms with Crippen molar-refractivity contribution in [3.05, 3.63) is 30.5 Å². The third-order valence-corrected chi connectivity index (χ3v) is 12.5. The number of nitrogen functional groups attached to an aromatic ring is 1. The zero-order valence-corrected chi connectivity index (χ0v) is 36.2. The molecule has 3 aliphatic heterocycles. The number of nitrogens with one attached hydrogen (secondary N) is 1. The zero-order chi connectivity index (χ0) is 42.7. The number of aryl methyl sites for hydroxylation is 1. The minimum atomic E-state index is -1.24. The molecule has 0 aliphatic carbocycles. The summed E-state index contributed by atoms with van der Waals surface area (Å²) in [6.07, 6.45) is -0.00865. The Balaban J connectivity index is 1.40. The van der Waals surface area contributed by atoms with Gasteiger partial charge >= 0.3 is 12.1 Å². The molecule has 0 spiro atoms. The summed E-state index contributed by atoms with van der Waals surface area (Å²) in [5.74, 6) is -3.16. The number of Topliss-reactive ketones (excluding diaryl/α,β-unsaturated/α-hetero) is 1. The maximum Gasteiger partial charge on any atom is 0.410 e. The van der Waals surface area contributed by atoms with Gasteiger partial charge in [-0.1, -0.05) is 31.2 Å². The van der Waals surface area contributed by atoms with Gasteiger partial charge in [0.2, 0.25) is 0 Å². The highest BCUT2D eigenvalue weighted by atomic mass is 16.7. The van der Waals surface area contributed by atoms with E-state index in [-0.39, 0.29) is 24.2 Å². The van der Waals surface area contributed by atoms with Crippen LogP contribution in [0.5, 0.6) is 0 Å². The molecule has 5 rings (SSSR count). The second-order valence-electron chi connectivity index (χ2n) is 17.3. The standard InChI is InChI=1S/C42H67N7O9/c1-12-33-42(8)36(49(40(53)58-42)19-14-13-18-48-23-31(45-46-48)29-16-15-17-30(43)21-29)28(6)44-24(2)22-41(7,54-11)37(26(4)34(50)27(5)38(52)56-33)57-39-35(51)32(47(9)10)20-25(3)55-39/h15-17,21,23-28,32-33,35-37,39,44,51H,12-14,18-20,22,43H2,1-11H3/t24-,25+,26-,27+,28+,32?,33+,35?,36+,37+,39-,41+,42+/m0/s1. The second kappa shape index (κ2) is 18.7. The Morgan fingerprint density at radius 1 is 1.09 bits per heavy atom. The van der Waals surface area contributed by atoms with Crippen molar-refractivity contribution in [2.75, 3.05) is 33.5 Å². The van der Waals surface area contributed by atoms with Crippen LogP contribution >= 0.6 is 0 Å². The van der Waals surface area contributed by atoms with Crippen molar-refractivity contribution >= 4 is 23.5 Å². The number of cyclic esters (lactones) is 1. The van der Waals surface area contributed by atoms with E-state index in [0.29, 0.717) is 50.9 Å². The number of carbonyl (C=O) groups excluding carboxylic acids is 3. The first kappa shape index (κ1) is 45.4. The van der Waals surface area contributed by atoms with Crippen molar-refractivity contribution in [2.45, 2.75) is 160 Å². The molecule has 16 nitrogen and oxygen atoms in total. The van der Waals surface area contributed by atoms with E-state index in [0.717, 1.165) is 11.3 Å². The number of nitrogens with two attached hydrogens (primary N) is 1. The maximum absolute atomic E-state index is 14.3. The molecule has 16 heteroatoms. The van der Waals surface area contributed by atoms with Gasteiger partial charge in [0.05, 0.1) is 30.0 Å². The molecule has 1 amide bonds. The van der Waals surface area contributed by atoms with E-state index in [9.17, 15) is 19.5 Å². The molecule has 0 saturated carbocycles. The molecule has 4 N–H and O–H groups in total. The van der Waals surface area contributed by atoms with Gasteiger partial charge in [-0.3, -0.25) is 19.2 Å². The monoisotopic (exact) mass is 814 g/mol. The molecule has 0 radical (unpaired) electrons. The number of nitrogens with zero attached hydrogens (tertiary/aromatic N) is 5. The Bertz CT molecular complexity index is 1730. The lowest BCUT2D eigenvalue weighted by Gasteiger charge is -2.47. The molecule has 3 saturated heterocycles. The van der Waals surface area contributed by atoms with E-state index < -0.39 is 71.5 Å². The molecule has 2 unspecified atom stereocenters. The van der Waals surface area contributed by atoms with Crippen LogP contribution in [-0.2, 0) is 39.8 Å². The van der Waals surface area contributed by atoms with Crippen LogP contribution in [0, 0.1) is 11.8 Å². The highest BCUT2D eigenvalue weighted by Crippen LogP contribution is 2.40. The van der Waals surface area contributed by atoms with Gasteiger partial charge in [-0.15, -0.1) is 5.10 Å².